The van der Waals surface area contributed by atoms with Gasteiger partial charge in [0.25, 0.3) is 0 Å². The van der Waals surface area contributed by atoms with Crippen LogP contribution in [-0.2, 0) is 9.09 Å². The summed E-state index contributed by atoms with van der Waals surface area (Å²) in [5.41, 5.74) is 1.11. The van der Waals surface area contributed by atoms with Crippen LogP contribution < -0.4 is 0 Å². The second-order valence-corrected chi connectivity index (χ2v) is 8.73. The van der Waals surface area contributed by atoms with Crippen molar-refractivity contribution < 1.29 is 9.09 Å². The van der Waals surface area contributed by atoms with E-state index in [-0.39, 0.29) is 5.60 Å². The minimum atomic E-state index is -1.57. The lowest BCUT2D eigenvalue weighted by Gasteiger charge is -2.53. The predicted octanol–water partition coefficient (Wildman–Crippen LogP) is 5.43. The number of allylic oxidation sites excluding steroid dienone is 1. The summed E-state index contributed by atoms with van der Waals surface area (Å²) in [5, 5.41) is 0. The van der Waals surface area contributed by atoms with E-state index in [9.17, 15) is 4.57 Å². The highest BCUT2D eigenvalue weighted by Gasteiger charge is 2.55. The highest BCUT2D eigenvalue weighted by atomic mass is 31.1. The molecular formula is C19H24O2P+. The molecule has 116 valence electrons. The molecule has 4 aliphatic rings. The van der Waals surface area contributed by atoms with E-state index in [1.165, 1.54) is 19.3 Å². The van der Waals surface area contributed by atoms with Crippen LogP contribution in [0.4, 0.5) is 0 Å². The van der Waals surface area contributed by atoms with Crippen molar-refractivity contribution in [3.8, 4) is 0 Å². The third-order valence-electron chi connectivity index (χ3n) is 5.64. The molecule has 0 aromatic heterocycles. The predicted molar refractivity (Wildman–Crippen MR) is 89.9 cm³/mol. The molecule has 0 radical (unpaired) electrons. The summed E-state index contributed by atoms with van der Waals surface area (Å²) in [5.74, 6) is 2.53. The molecule has 4 aliphatic carbocycles. The lowest BCUT2D eigenvalue weighted by Crippen LogP contribution is -2.51. The van der Waals surface area contributed by atoms with Crippen LogP contribution in [0.5, 0.6) is 0 Å². The van der Waals surface area contributed by atoms with Gasteiger partial charge in [-0.3, -0.25) is 0 Å². The fourth-order valence-corrected chi connectivity index (χ4v) is 6.24. The minimum Gasteiger partial charge on any atom is -0.139 e. The molecule has 0 N–H and O–H groups in total. The Bertz CT molecular complexity index is 543. The Balaban J connectivity index is 1.35. The minimum absolute atomic E-state index is 0.0389. The summed E-state index contributed by atoms with van der Waals surface area (Å²) in [7, 11) is -1.57. The van der Waals surface area contributed by atoms with Gasteiger partial charge in [-0.2, -0.15) is 0 Å². The first-order chi connectivity index (χ1) is 10.7. The molecule has 5 rings (SSSR count). The monoisotopic (exact) mass is 315 g/mol. The Morgan fingerprint density at radius 1 is 1.05 bits per heavy atom. The van der Waals surface area contributed by atoms with Crippen LogP contribution >= 0.6 is 8.03 Å². The van der Waals surface area contributed by atoms with E-state index < -0.39 is 8.03 Å². The molecule has 1 aromatic carbocycles. The van der Waals surface area contributed by atoms with Crippen LogP contribution in [0.15, 0.2) is 36.4 Å². The number of hydrogen-bond acceptors (Lipinski definition) is 2. The van der Waals surface area contributed by atoms with E-state index in [0.717, 1.165) is 42.6 Å². The first-order valence-electron chi connectivity index (χ1n) is 8.56. The van der Waals surface area contributed by atoms with Crippen LogP contribution in [0.3, 0.4) is 0 Å². The molecule has 0 amide bonds. The fraction of sp³-hybridized carbons (Fsp3) is 0.579. The number of hydrogen-bond donors (Lipinski definition) is 0. The van der Waals surface area contributed by atoms with Gasteiger partial charge >= 0.3 is 8.03 Å². The molecule has 22 heavy (non-hydrogen) atoms. The average molecular weight is 315 g/mol. The van der Waals surface area contributed by atoms with Crippen molar-refractivity contribution in [1.29, 1.82) is 0 Å². The normalized spacial score (nSPS) is 36.9. The van der Waals surface area contributed by atoms with Gasteiger partial charge in [0.15, 0.2) is 6.16 Å². The van der Waals surface area contributed by atoms with Crippen LogP contribution in [0.1, 0.15) is 44.1 Å². The second-order valence-electron chi connectivity index (χ2n) is 7.52. The highest BCUT2D eigenvalue weighted by Crippen LogP contribution is 2.59. The van der Waals surface area contributed by atoms with E-state index >= 15 is 0 Å². The molecule has 4 bridgehead atoms. The first kappa shape index (κ1) is 14.6. The van der Waals surface area contributed by atoms with Crippen molar-refractivity contribution >= 4 is 14.1 Å². The molecule has 0 saturated heterocycles. The Labute approximate surface area is 133 Å². The molecule has 0 aliphatic heterocycles. The van der Waals surface area contributed by atoms with Gasteiger partial charge in [-0.15, -0.1) is 4.52 Å². The van der Waals surface area contributed by atoms with E-state index in [2.05, 4.69) is 12.1 Å². The van der Waals surface area contributed by atoms with Crippen molar-refractivity contribution in [1.82, 2.24) is 0 Å². The summed E-state index contributed by atoms with van der Waals surface area (Å²) in [6.45, 7) is 0. The van der Waals surface area contributed by atoms with E-state index in [1.807, 2.05) is 30.4 Å². The van der Waals surface area contributed by atoms with Crippen molar-refractivity contribution in [3.63, 3.8) is 0 Å². The quantitative estimate of drug-likeness (QED) is 0.677. The highest BCUT2D eigenvalue weighted by molar-refractivity contribution is 7.39. The second kappa shape index (κ2) is 5.91. The van der Waals surface area contributed by atoms with E-state index in [0.29, 0.717) is 6.16 Å². The standard InChI is InChI=1S/C19H24O2P/c20-22(8-4-7-15-5-2-1-3-6-15)21-19-12-16-9-17(13-19)11-18(10-16)14-19/h1-7,16-18H,8-14H2/q+1/b7-4+. The molecule has 2 nitrogen and oxygen atoms in total. The molecular weight excluding hydrogens is 291 g/mol. The van der Waals surface area contributed by atoms with Gasteiger partial charge in [0.1, 0.15) is 5.60 Å². The van der Waals surface area contributed by atoms with Crippen LogP contribution in [-0.4, -0.2) is 11.8 Å². The average Bonchev–Trinajstić information content (AvgIpc) is 2.46. The summed E-state index contributed by atoms with van der Waals surface area (Å²) < 4.78 is 18.5. The van der Waals surface area contributed by atoms with Crippen molar-refractivity contribution in [2.24, 2.45) is 17.8 Å². The summed E-state index contributed by atoms with van der Waals surface area (Å²) >= 11 is 0. The summed E-state index contributed by atoms with van der Waals surface area (Å²) in [6.07, 6.45) is 12.2. The van der Waals surface area contributed by atoms with Gasteiger partial charge in [-0.25, -0.2) is 0 Å². The molecule has 4 saturated carbocycles. The third kappa shape index (κ3) is 3.05. The van der Waals surface area contributed by atoms with Gasteiger partial charge in [-0.1, -0.05) is 36.4 Å². The topological polar surface area (TPSA) is 26.3 Å². The maximum absolute atomic E-state index is 12.4. The maximum atomic E-state index is 12.4. The maximum Gasteiger partial charge on any atom is 0.512 e. The summed E-state index contributed by atoms with van der Waals surface area (Å²) in [4.78, 5) is 0. The Kier molecular flexibility index (Phi) is 3.92. The molecule has 0 heterocycles. The SMILES string of the molecule is O=[P+](C/C=C/c1ccccc1)OC12CC3CC(CC(C3)C1)C2. The zero-order valence-electron chi connectivity index (χ0n) is 13.0. The number of rotatable bonds is 5. The van der Waals surface area contributed by atoms with E-state index in [1.54, 1.807) is 0 Å². The Hall–Kier alpha value is -0.980. The molecule has 4 fully saturated rings. The Morgan fingerprint density at radius 3 is 2.23 bits per heavy atom. The van der Waals surface area contributed by atoms with Gasteiger partial charge in [0, 0.05) is 0 Å². The smallest absolute Gasteiger partial charge is 0.139 e. The van der Waals surface area contributed by atoms with Gasteiger partial charge in [0.2, 0.25) is 0 Å². The zero-order chi connectivity index (χ0) is 15.0. The zero-order valence-corrected chi connectivity index (χ0v) is 13.9. The first-order valence-corrected chi connectivity index (χ1v) is 9.92. The molecule has 0 spiro atoms. The van der Waals surface area contributed by atoms with Crippen molar-refractivity contribution in [2.45, 2.75) is 44.1 Å². The lowest BCUT2D eigenvalue weighted by atomic mass is 9.54. The Morgan fingerprint density at radius 2 is 1.64 bits per heavy atom. The molecule has 1 unspecified atom stereocenters. The van der Waals surface area contributed by atoms with Crippen LogP contribution in [0, 0.1) is 17.8 Å². The largest absolute Gasteiger partial charge is 0.512 e. The molecule has 1 atom stereocenters. The van der Waals surface area contributed by atoms with Crippen LogP contribution in [0.25, 0.3) is 6.08 Å². The number of benzene rings is 1. The summed E-state index contributed by atoms with van der Waals surface area (Å²) in [6, 6.07) is 10.2. The van der Waals surface area contributed by atoms with Gasteiger partial charge < -0.3 is 0 Å². The molecule has 1 aromatic rings. The third-order valence-corrected chi connectivity index (χ3v) is 6.74. The lowest BCUT2D eigenvalue weighted by molar-refractivity contribution is -0.104. The van der Waals surface area contributed by atoms with Crippen LogP contribution in [0.2, 0.25) is 0 Å². The fourth-order valence-electron chi connectivity index (χ4n) is 5.24. The van der Waals surface area contributed by atoms with Crippen molar-refractivity contribution in [2.75, 3.05) is 6.16 Å². The van der Waals surface area contributed by atoms with Crippen molar-refractivity contribution in [3.05, 3.63) is 42.0 Å². The van der Waals surface area contributed by atoms with E-state index in [4.69, 9.17) is 4.52 Å². The molecule has 3 heteroatoms. The van der Waals surface area contributed by atoms with Gasteiger partial charge in [0.05, 0.1) is 0 Å². The van der Waals surface area contributed by atoms with Gasteiger partial charge in [-0.05, 0) is 72.5 Å².